The molecule has 2 rings (SSSR count). The van der Waals surface area contributed by atoms with Gasteiger partial charge in [0.25, 0.3) is 0 Å². The second-order valence-corrected chi connectivity index (χ2v) is 4.04. The Morgan fingerprint density at radius 1 is 1.36 bits per heavy atom. The highest BCUT2D eigenvalue weighted by molar-refractivity contribution is 5.47. The minimum Gasteiger partial charge on any atom is -0.504 e. The molecule has 0 aliphatic carbocycles. The average Bonchev–Trinajstić information content (AvgIpc) is 2.58. The van der Waals surface area contributed by atoms with Crippen molar-refractivity contribution in [3.8, 4) is 11.5 Å². The summed E-state index contributed by atoms with van der Waals surface area (Å²) in [4.78, 5) is 0. The number of rotatable bonds is 1. The van der Waals surface area contributed by atoms with Gasteiger partial charge >= 0.3 is 0 Å². The molecule has 0 aromatic heterocycles. The lowest BCUT2D eigenvalue weighted by Gasteiger charge is -2.25. The Kier molecular flexibility index (Phi) is 2.11. The van der Waals surface area contributed by atoms with E-state index < -0.39 is 0 Å². The third-order valence-corrected chi connectivity index (χ3v) is 2.98. The van der Waals surface area contributed by atoms with E-state index in [1.54, 1.807) is 6.07 Å². The highest BCUT2D eigenvalue weighted by Gasteiger charge is 2.32. The largest absolute Gasteiger partial charge is 0.504 e. The summed E-state index contributed by atoms with van der Waals surface area (Å²) in [5.74, 6) is -0.0400. The predicted octanol–water partition coefficient (Wildman–Crippen LogP) is 1.70. The minimum atomic E-state index is -0.192. The Balaban J connectivity index is 2.45. The van der Waals surface area contributed by atoms with Crippen molar-refractivity contribution in [1.82, 2.24) is 5.32 Å². The summed E-state index contributed by atoms with van der Waals surface area (Å²) in [6.07, 6.45) is 2.09. The van der Waals surface area contributed by atoms with Crippen LogP contribution < -0.4 is 5.32 Å². The fourth-order valence-corrected chi connectivity index (χ4v) is 2.10. The van der Waals surface area contributed by atoms with E-state index in [-0.39, 0.29) is 17.0 Å². The lowest BCUT2D eigenvalue weighted by Crippen LogP contribution is -2.33. The van der Waals surface area contributed by atoms with Gasteiger partial charge in [-0.3, -0.25) is 0 Å². The van der Waals surface area contributed by atoms with Crippen molar-refractivity contribution < 1.29 is 10.2 Å². The van der Waals surface area contributed by atoms with Crippen molar-refractivity contribution in [2.45, 2.75) is 25.3 Å². The maximum atomic E-state index is 9.73. The second-order valence-electron chi connectivity index (χ2n) is 4.04. The van der Waals surface area contributed by atoms with Gasteiger partial charge in [0.15, 0.2) is 11.5 Å². The summed E-state index contributed by atoms with van der Waals surface area (Å²) in [7, 11) is 0. The quantitative estimate of drug-likeness (QED) is 0.595. The van der Waals surface area contributed by atoms with Crippen LogP contribution in [0.25, 0.3) is 0 Å². The van der Waals surface area contributed by atoms with Gasteiger partial charge in [-0.15, -0.1) is 0 Å². The van der Waals surface area contributed by atoms with Crippen molar-refractivity contribution in [2.24, 2.45) is 0 Å². The fraction of sp³-hybridized carbons (Fsp3) is 0.455. The van der Waals surface area contributed by atoms with E-state index in [1.807, 2.05) is 6.07 Å². The smallest absolute Gasteiger partial charge is 0.162 e. The first-order valence-electron chi connectivity index (χ1n) is 4.90. The summed E-state index contributed by atoms with van der Waals surface area (Å²) in [6, 6.07) is 5.11. The molecule has 14 heavy (non-hydrogen) atoms. The van der Waals surface area contributed by atoms with Crippen molar-refractivity contribution in [3.05, 3.63) is 23.8 Å². The molecule has 1 aliphatic rings. The Hall–Kier alpha value is -1.22. The van der Waals surface area contributed by atoms with Gasteiger partial charge in [0.1, 0.15) is 0 Å². The minimum absolute atomic E-state index is 0.00407. The third-order valence-electron chi connectivity index (χ3n) is 2.98. The topological polar surface area (TPSA) is 52.5 Å². The molecular weight excluding hydrogens is 178 g/mol. The van der Waals surface area contributed by atoms with Crippen LogP contribution in [0.5, 0.6) is 11.5 Å². The molecule has 0 amide bonds. The van der Waals surface area contributed by atoms with Crippen molar-refractivity contribution >= 4 is 0 Å². The van der Waals surface area contributed by atoms with Crippen molar-refractivity contribution in [3.63, 3.8) is 0 Å². The number of hydrogen-bond donors (Lipinski definition) is 3. The van der Waals surface area contributed by atoms with E-state index >= 15 is 0 Å². The SMILES string of the molecule is CC1(c2cccc(O)c2O)CCCN1. The maximum absolute atomic E-state index is 9.73. The van der Waals surface area contributed by atoms with E-state index in [9.17, 15) is 10.2 Å². The molecule has 3 N–H and O–H groups in total. The molecule has 1 fully saturated rings. The van der Waals surface area contributed by atoms with E-state index in [0.717, 1.165) is 24.9 Å². The summed E-state index contributed by atoms with van der Waals surface area (Å²) < 4.78 is 0. The fourth-order valence-electron chi connectivity index (χ4n) is 2.10. The average molecular weight is 193 g/mol. The third kappa shape index (κ3) is 1.34. The molecule has 1 atom stereocenters. The summed E-state index contributed by atoms with van der Waals surface area (Å²) in [5.41, 5.74) is 0.595. The van der Waals surface area contributed by atoms with Crippen molar-refractivity contribution in [1.29, 1.82) is 0 Å². The van der Waals surface area contributed by atoms with Gasteiger partial charge in [-0.1, -0.05) is 12.1 Å². The first-order chi connectivity index (χ1) is 6.63. The highest BCUT2D eigenvalue weighted by Crippen LogP contribution is 2.39. The van der Waals surface area contributed by atoms with E-state index in [2.05, 4.69) is 12.2 Å². The molecule has 0 bridgehead atoms. The molecule has 3 nitrogen and oxygen atoms in total. The zero-order valence-electron chi connectivity index (χ0n) is 8.25. The molecule has 1 heterocycles. The van der Waals surface area contributed by atoms with Crippen LogP contribution in [0.1, 0.15) is 25.3 Å². The van der Waals surface area contributed by atoms with Crippen LogP contribution in [0.4, 0.5) is 0 Å². The lowest BCUT2D eigenvalue weighted by molar-refractivity contribution is 0.366. The van der Waals surface area contributed by atoms with Gasteiger partial charge in [0.05, 0.1) is 0 Å². The van der Waals surface area contributed by atoms with Crippen LogP contribution >= 0.6 is 0 Å². The summed E-state index contributed by atoms with van der Waals surface area (Å²) >= 11 is 0. The van der Waals surface area contributed by atoms with Gasteiger partial charge in [0.2, 0.25) is 0 Å². The molecule has 1 aromatic rings. The molecule has 0 spiro atoms. The van der Waals surface area contributed by atoms with Gasteiger partial charge < -0.3 is 15.5 Å². The Labute approximate surface area is 83.4 Å². The van der Waals surface area contributed by atoms with Gasteiger partial charge in [-0.2, -0.15) is 0 Å². The molecule has 76 valence electrons. The molecule has 1 saturated heterocycles. The van der Waals surface area contributed by atoms with E-state index in [0.29, 0.717) is 0 Å². The molecule has 1 aliphatic heterocycles. The molecule has 0 radical (unpaired) electrons. The second kappa shape index (κ2) is 3.17. The van der Waals surface area contributed by atoms with Gasteiger partial charge in [0, 0.05) is 11.1 Å². The van der Waals surface area contributed by atoms with Crippen LogP contribution in [-0.4, -0.2) is 16.8 Å². The normalized spacial score (nSPS) is 26.6. The number of para-hydroxylation sites is 1. The van der Waals surface area contributed by atoms with Crippen LogP contribution in [0, 0.1) is 0 Å². The molecule has 3 heteroatoms. The number of nitrogens with one attached hydrogen (secondary N) is 1. The monoisotopic (exact) mass is 193 g/mol. The molecule has 0 saturated carbocycles. The summed E-state index contributed by atoms with van der Waals surface area (Å²) in [6.45, 7) is 3.01. The number of phenols is 2. The van der Waals surface area contributed by atoms with Crippen LogP contribution in [0.2, 0.25) is 0 Å². The van der Waals surface area contributed by atoms with Gasteiger partial charge in [-0.25, -0.2) is 0 Å². The van der Waals surface area contributed by atoms with E-state index in [4.69, 9.17) is 0 Å². The van der Waals surface area contributed by atoms with Crippen LogP contribution in [-0.2, 0) is 5.54 Å². The first kappa shape index (κ1) is 9.34. The predicted molar refractivity (Wildman–Crippen MR) is 54.4 cm³/mol. The summed E-state index contributed by atoms with van der Waals surface area (Å²) in [5, 5.41) is 22.5. The first-order valence-corrected chi connectivity index (χ1v) is 4.90. The lowest BCUT2D eigenvalue weighted by atomic mass is 9.89. The number of hydrogen-bond acceptors (Lipinski definition) is 3. The van der Waals surface area contributed by atoms with Crippen LogP contribution in [0.15, 0.2) is 18.2 Å². The Bertz CT molecular complexity index is 343. The highest BCUT2D eigenvalue weighted by atomic mass is 16.3. The Morgan fingerprint density at radius 2 is 2.14 bits per heavy atom. The zero-order chi connectivity index (χ0) is 10.2. The number of benzene rings is 1. The Morgan fingerprint density at radius 3 is 2.79 bits per heavy atom. The number of phenolic OH excluding ortho intramolecular Hbond substituents is 2. The van der Waals surface area contributed by atoms with Crippen LogP contribution in [0.3, 0.4) is 0 Å². The van der Waals surface area contributed by atoms with Gasteiger partial charge in [-0.05, 0) is 32.4 Å². The van der Waals surface area contributed by atoms with Crippen molar-refractivity contribution in [2.75, 3.05) is 6.54 Å². The molecular formula is C11H15NO2. The maximum Gasteiger partial charge on any atom is 0.162 e. The standard InChI is InChI=1S/C11H15NO2/c1-11(6-3-7-12-11)8-4-2-5-9(13)10(8)14/h2,4-5,12-14H,3,6-7H2,1H3. The van der Waals surface area contributed by atoms with E-state index in [1.165, 1.54) is 6.07 Å². The molecule has 1 aromatic carbocycles. The zero-order valence-corrected chi connectivity index (χ0v) is 8.25. The number of aromatic hydroxyl groups is 2. The molecule has 1 unspecified atom stereocenters.